The summed E-state index contributed by atoms with van der Waals surface area (Å²) >= 11 is 12.4. The van der Waals surface area contributed by atoms with E-state index in [0.29, 0.717) is 16.0 Å². The Bertz CT molecular complexity index is 1140. The largest absolute Gasteiger partial charge is 0.352 e. The molecule has 1 aliphatic carbocycles. The summed E-state index contributed by atoms with van der Waals surface area (Å²) in [5, 5.41) is 8.61. The molecule has 7 heteroatoms. The molecule has 1 fully saturated rings. The van der Waals surface area contributed by atoms with Crippen LogP contribution in [0.1, 0.15) is 36.4 Å². The molecule has 5 nitrogen and oxygen atoms in total. The molecule has 2 heterocycles. The second-order valence-electron chi connectivity index (χ2n) is 7.85. The molecule has 1 aromatic heterocycles. The molecule has 0 spiro atoms. The summed E-state index contributed by atoms with van der Waals surface area (Å²) in [4.78, 5) is 18.0. The van der Waals surface area contributed by atoms with Crippen molar-refractivity contribution in [3.63, 3.8) is 0 Å². The molecule has 5 rings (SSSR count). The summed E-state index contributed by atoms with van der Waals surface area (Å²) in [5.41, 5.74) is 2.89. The lowest BCUT2D eigenvalue weighted by molar-refractivity contribution is -0.124. The average molecular weight is 439 g/mol. The van der Waals surface area contributed by atoms with Crippen molar-refractivity contribution >= 4 is 40.6 Å². The van der Waals surface area contributed by atoms with Crippen LogP contribution in [-0.2, 0) is 4.79 Å². The predicted molar refractivity (Wildman–Crippen MR) is 119 cm³/mol. The number of hydrogen-bond donors (Lipinski definition) is 1. The van der Waals surface area contributed by atoms with E-state index in [1.165, 1.54) is 5.56 Å². The number of aromatic nitrogens is 2. The Kier molecular flexibility index (Phi) is 4.88. The number of carbonyl (C=O) groups excluding carboxylic acids is 1. The van der Waals surface area contributed by atoms with Gasteiger partial charge in [-0.1, -0.05) is 59.6 Å². The van der Waals surface area contributed by atoms with Gasteiger partial charge < -0.3 is 5.32 Å². The topological polar surface area (TPSA) is 59.3 Å². The van der Waals surface area contributed by atoms with E-state index < -0.39 is 5.92 Å². The number of hydrogen-bond acceptors (Lipinski definition) is 3. The Morgan fingerprint density at radius 2 is 1.87 bits per heavy atom. The average Bonchev–Trinajstić information content (AvgIpc) is 3.35. The maximum Gasteiger partial charge on any atom is 0.231 e. The number of carbonyl (C=O) groups is 1. The third kappa shape index (κ3) is 3.42. The fourth-order valence-electron chi connectivity index (χ4n) is 4.29. The first-order valence-corrected chi connectivity index (χ1v) is 10.7. The van der Waals surface area contributed by atoms with Crippen LogP contribution in [0.15, 0.2) is 65.8 Å². The number of nitrogens with one attached hydrogen (secondary N) is 1. The second-order valence-corrected chi connectivity index (χ2v) is 8.67. The number of fused-ring (bicyclic) bond motifs is 1. The normalized spacial score (nSPS) is 24.7. The van der Waals surface area contributed by atoms with E-state index in [1.807, 2.05) is 43.3 Å². The lowest BCUT2D eigenvalue weighted by Gasteiger charge is -2.31. The van der Waals surface area contributed by atoms with E-state index in [1.54, 1.807) is 16.9 Å². The van der Waals surface area contributed by atoms with Gasteiger partial charge in [0.25, 0.3) is 0 Å². The minimum atomic E-state index is -0.480. The van der Waals surface area contributed by atoms with Gasteiger partial charge in [0.1, 0.15) is 5.92 Å². The third-order valence-corrected chi connectivity index (χ3v) is 6.62. The molecule has 1 aliphatic heterocycles. The van der Waals surface area contributed by atoms with Crippen molar-refractivity contribution < 1.29 is 4.79 Å². The molecular weight excluding hydrogens is 419 g/mol. The maximum absolute atomic E-state index is 13.4. The first-order valence-electron chi connectivity index (χ1n) is 9.92. The monoisotopic (exact) mass is 438 g/mol. The molecule has 4 unspecified atom stereocenters. The van der Waals surface area contributed by atoms with Gasteiger partial charge in [0.15, 0.2) is 5.82 Å². The van der Waals surface area contributed by atoms with E-state index in [2.05, 4.69) is 27.5 Å². The molecule has 0 bridgehead atoms. The molecule has 0 radical (unpaired) electrons. The van der Waals surface area contributed by atoms with Crippen LogP contribution in [0.5, 0.6) is 0 Å². The molecule has 0 saturated heterocycles. The highest BCUT2D eigenvalue weighted by Crippen LogP contribution is 2.42. The Hall–Kier alpha value is -2.63. The number of amides is 1. The van der Waals surface area contributed by atoms with Gasteiger partial charge in [-0.25, -0.2) is 9.67 Å². The third-order valence-electron chi connectivity index (χ3n) is 5.88. The molecule has 3 aromatic rings. The Morgan fingerprint density at radius 3 is 2.63 bits per heavy atom. The number of halogens is 2. The van der Waals surface area contributed by atoms with Crippen molar-refractivity contribution in [2.75, 3.05) is 0 Å². The van der Waals surface area contributed by atoms with Gasteiger partial charge in [0, 0.05) is 23.7 Å². The number of nitrogens with zero attached hydrogens (tertiary/aromatic N) is 3. The quantitative estimate of drug-likeness (QED) is 0.610. The van der Waals surface area contributed by atoms with Gasteiger partial charge in [0.05, 0.1) is 22.3 Å². The Labute approximate surface area is 184 Å². The van der Waals surface area contributed by atoms with Gasteiger partial charge in [-0.3, -0.25) is 4.79 Å². The van der Waals surface area contributed by atoms with E-state index in [-0.39, 0.29) is 18.0 Å². The van der Waals surface area contributed by atoms with E-state index in [9.17, 15) is 4.79 Å². The molecule has 2 aliphatic rings. The minimum Gasteiger partial charge on any atom is -0.352 e. The molecule has 2 aromatic carbocycles. The van der Waals surface area contributed by atoms with Crippen LogP contribution in [0.2, 0.25) is 10.0 Å². The first-order chi connectivity index (χ1) is 14.5. The van der Waals surface area contributed by atoms with Crippen molar-refractivity contribution in [3.05, 3.63) is 82.0 Å². The Morgan fingerprint density at radius 1 is 1.07 bits per heavy atom. The molecular formula is C23H20Cl2N4O. The molecule has 152 valence electrons. The van der Waals surface area contributed by atoms with Crippen LogP contribution in [0, 0.1) is 5.92 Å². The van der Waals surface area contributed by atoms with Crippen molar-refractivity contribution in [1.29, 1.82) is 0 Å². The standard InChI is InChI=1S/C23H20Cl2N4O/c1-13-21(23(30)28-19-12-16(19)14-5-3-2-4-6-14)22(29-20(27-13)9-10-26-29)15-7-8-17(24)18(25)11-15/h2-11,16,19,21-22H,12H2,1H3,(H,28,30). The van der Waals surface area contributed by atoms with E-state index >= 15 is 0 Å². The smallest absolute Gasteiger partial charge is 0.231 e. The van der Waals surface area contributed by atoms with Crippen molar-refractivity contribution in [2.24, 2.45) is 10.9 Å². The van der Waals surface area contributed by atoms with Crippen molar-refractivity contribution in [3.8, 4) is 0 Å². The predicted octanol–water partition coefficient (Wildman–Crippen LogP) is 5.17. The van der Waals surface area contributed by atoms with Gasteiger partial charge >= 0.3 is 0 Å². The zero-order valence-electron chi connectivity index (χ0n) is 16.3. The number of rotatable bonds is 4. The SMILES string of the molecule is CC1=Nc2ccnn2C(c2ccc(Cl)c(Cl)c2)C1C(=O)NC1CC1c1ccccc1. The zero-order chi connectivity index (χ0) is 20.8. The highest BCUT2D eigenvalue weighted by atomic mass is 35.5. The van der Waals surface area contributed by atoms with Gasteiger partial charge in [-0.05, 0) is 36.6 Å². The summed E-state index contributed by atoms with van der Waals surface area (Å²) in [6, 6.07) is 17.4. The van der Waals surface area contributed by atoms with Gasteiger partial charge in [0.2, 0.25) is 5.91 Å². The molecule has 1 N–H and O–H groups in total. The number of aliphatic imine (C=N–C) groups is 1. The summed E-state index contributed by atoms with van der Waals surface area (Å²) < 4.78 is 1.79. The lowest BCUT2D eigenvalue weighted by atomic mass is 9.87. The van der Waals surface area contributed by atoms with Crippen LogP contribution in [0.25, 0.3) is 0 Å². The summed E-state index contributed by atoms with van der Waals surface area (Å²) in [7, 11) is 0. The fourth-order valence-corrected chi connectivity index (χ4v) is 4.60. The lowest BCUT2D eigenvalue weighted by Crippen LogP contribution is -2.43. The molecule has 30 heavy (non-hydrogen) atoms. The van der Waals surface area contributed by atoms with Gasteiger partial charge in [-0.2, -0.15) is 5.10 Å². The van der Waals surface area contributed by atoms with Gasteiger partial charge in [-0.15, -0.1) is 0 Å². The molecule has 1 amide bonds. The highest BCUT2D eigenvalue weighted by molar-refractivity contribution is 6.42. The van der Waals surface area contributed by atoms with Crippen molar-refractivity contribution in [2.45, 2.75) is 31.3 Å². The first kappa shape index (κ1) is 19.3. The van der Waals surface area contributed by atoms with Crippen LogP contribution < -0.4 is 5.32 Å². The van der Waals surface area contributed by atoms with Crippen LogP contribution >= 0.6 is 23.2 Å². The molecule has 4 atom stereocenters. The van der Waals surface area contributed by atoms with Crippen LogP contribution in [-0.4, -0.2) is 27.4 Å². The summed E-state index contributed by atoms with van der Waals surface area (Å²) in [5.74, 6) is 0.560. The zero-order valence-corrected chi connectivity index (χ0v) is 17.8. The van der Waals surface area contributed by atoms with E-state index in [0.717, 1.165) is 23.5 Å². The van der Waals surface area contributed by atoms with Crippen LogP contribution in [0.3, 0.4) is 0 Å². The number of benzene rings is 2. The summed E-state index contributed by atoms with van der Waals surface area (Å²) in [6.45, 7) is 1.90. The van der Waals surface area contributed by atoms with Crippen LogP contribution in [0.4, 0.5) is 5.82 Å². The highest BCUT2D eigenvalue weighted by Gasteiger charge is 2.44. The second kappa shape index (κ2) is 7.56. The maximum atomic E-state index is 13.4. The molecule has 1 saturated carbocycles. The van der Waals surface area contributed by atoms with Crippen molar-refractivity contribution in [1.82, 2.24) is 15.1 Å². The minimum absolute atomic E-state index is 0.0445. The summed E-state index contributed by atoms with van der Waals surface area (Å²) in [6.07, 6.45) is 2.65. The van der Waals surface area contributed by atoms with E-state index in [4.69, 9.17) is 23.2 Å². The Balaban J connectivity index is 1.44. The fraction of sp³-hybridized carbons (Fsp3) is 0.261.